The van der Waals surface area contributed by atoms with E-state index >= 15 is 0 Å². The normalized spacial score (nSPS) is 23.1. The molecule has 0 saturated carbocycles. The molecule has 4 heteroatoms. The Morgan fingerprint density at radius 2 is 2.06 bits per heavy atom. The average molecular weight is 254 g/mol. The van der Waals surface area contributed by atoms with E-state index in [-0.39, 0.29) is 5.97 Å². The first-order valence-electron chi connectivity index (χ1n) is 5.83. The quantitative estimate of drug-likeness (QED) is 0.568. The molecule has 0 radical (unpaired) electrons. The summed E-state index contributed by atoms with van der Waals surface area (Å²) in [6.45, 7) is 4.24. The van der Waals surface area contributed by atoms with E-state index in [9.17, 15) is 4.79 Å². The molecule has 1 aromatic heterocycles. The first kappa shape index (κ1) is 12.4. The third-order valence-electron chi connectivity index (χ3n) is 3.45. The molecule has 3 nitrogen and oxygen atoms in total. The van der Waals surface area contributed by atoms with Crippen LogP contribution in [0.1, 0.15) is 60.1 Å². The summed E-state index contributed by atoms with van der Waals surface area (Å²) < 4.78 is 4.82. The monoisotopic (exact) mass is 253 g/mol. The molecule has 0 bridgehead atoms. The number of fused-ring (bicyclic) bond motifs is 1. The molecule has 0 N–H and O–H groups in total. The van der Waals surface area contributed by atoms with Gasteiger partial charge in [-0.05, 0) is 36.3 Å². The first-order chi connectivity index (χ1) is 8.04. The lowest BCUT2D eigenvalue weighted by Gasteiger charge is -2.28. The number of hydrogen-bond donors (Lipinski definition) is 0. The highest BCUT2D eigenvalue weighted by molar-refractivity contribution is 6.29. The Kier molecular flexibility index (Phi) is 3.38. The zero-order valence-corrected chi connectivity index (χ0v) is 11.0. The molecule has 92 valence electrons. The standard InChI is InChI=1S/C13H16ClNO2/c1-7-4-5-8(2)12-11(7)9(13(16)17-3)6-10(14)15-12/h6-8H,4-5H2,1-3H3. The third kappa shape index (κ3) is 2.16. The molecule has 1 heterocycles. The predicted molar refractivity (Wildman–Crippen MR) is 66.7 cm³/mol. The Labute approximate surface area is 106 Å². The minimum Gasteiger partial charge on any atom is -0.465 e. The molecular weight excluding hydrogens is 238 g/mol. The molecule has 1 aromatic rings. The van der Waals surface area contributed by atoms with Crippen molar-refractivity contribution in [1.82, 2.24) is 4.98 Å². The lowest BCUT2D eigenvalue weighted by Crippen LogP contribution is -2.18. The van der Waals surface area contributed by atoms with Crippen molar-refractivity contribution in [2.75, 3.05) is 7.11 Å². The van der Waals surface area contributed by atoms with E-state index in [1.165, 1.54) is 7.11 Å². The Bertz CT molecular complexity index is 459. The summed E-state index contributed by atoms with van der Waals surface area (Å²) >= 11 is 5.98. The van der Waals surface area contributed by atoms with Crippen LogP contribution in [0.5, 0.6) is 0 Å². The van der Waals surface area contributed by atoms with Gasteiger partial charge in [-0.3, -0.25) is 0 Å². The number of halogens is 1. The zero-order valence-electron chi connectivity index (χ0n) is 10.3. The second-order valence-electron chi connectivity index (χ2n) is 4.66. The van der Waals surface area contributed by atoms with Crippen LogP contribution in [0.15, 0.2) is 6.07 Å². The molecule has 2 unspecified atom stereocenters. The van der Waals surface area contributed by atoms with Gasteiger partial charge in [0.1, 0.15) is 5.15 Å². The van der Waals surface area contributed by atoms with E-state index in [0.717, 1.165) is 24.1 Å². The minimum atomic E-state index is -0.327. The molecule has 0 spiro atoms. The van der Waals surface area contributed by atoms with Crippen molar-refractivity contribution in [2.24, 2.45) is 0 Å². The summed E-state index contributed by atoms with van der Waals surface area (Å²) in [5, 5.41) is 0.366. The van der Waals surface area contributed by atoms with Crippen LogP contribution in [0.3, 0.4) is 0 Å². The maximum absolute atomic E-state index is 11.8. The van der Waals surface area contributed by atoms with Crippen molar-refractivity contribution in [3.8, 4) is 0 Å². The molecule has 1 aliphatic carbocycles. The lowest BCUT2D eigenvalue weighted by atomic mass is 9.79. The van der Waals surface area contributed by atoms with Crippen molar-refractivity contribution in [3.63, 3.8) is 0 Å². The fourth-order valence-corrected chi connectivity index (χ4v) is 2.70. The van der Waals surface area contributed by atoms with Gasteiger partial charge in [0, 0.05) is 5.69 Å². The number of methoxy groups -OCH3 is 1. The fraction of sp³-hybridized carbons (Fsp3) is 0.538. The van der Waals surface area contributed by atoms with Crippen molar-refractivity contribution < 1.29 is 9.53 Å². The molecule has 0 saturated heterocycles. The minimum absolute atomic E-state index is 0.327. The van der Waals surface area contributed by atoms with E-state index in [0.29, 0.717) is 22.6 Å². The number of nitrogens with zero attached hydrogens (tertiary/aromatic N) is 1. The molecule has 0 aromatic carbocycles. The van der Waals surface area contributed by atoms with Gasteiger partial charge in [0.05, 0.1) is 12.7 Å². The first-order valence-corrected chi connectivity index (χ1v) is 6.21. The van der Waals surface area contributed by atoms with Gasteiger partial charge in [-0.25, -0.2) is 9.78 Å². The molecule has 2 rings (SSSR count). The topological polar surface area (TPSA) is 39.2 Å². The third-order valence-corrected chi connectivity index (χ3v) is 3.65. The number of pyridine rings is 1. The van der Waals surface area contributed by atoms with E-state index in [4.69, 9.17) is 16.3 Å². The van der Waals surface area contributed by atoms with Crippen LogP contribution in [0.2, 0.25) is 5.15 Å². The largest absolute Gasteiger partial charge is 0.465 e. The second kappa shape index (κ2) is 4.65. The van der Waals surface area contributed by atoms with Crippen LogP contribution >= 0.6 is 11.6 Å². The van der Waals surface area contributed by atoms with Crippen LogP contribution in [-0.2, 0) is 4.74 Å². The summed E-state index contributed by atoms with van der Waals surface area (Å²) in [7, 11) is 1.39. The Morgan fingerprint density at radius 1 is 1.41 bits per heavy atom. The Hall–Kier alpha value is -1.09. The number of ether oxygens (including phenoxy) is 1. The fourth-order valence-electron chi connectivity index (χ4n) is 2.50. The van der Waals surface area contributed by atoms with E-state index in [2.05, 4.69) is 18.8 Å². The molecule has 17 heavy (non-hydrogen) atoms. The average Bonchev–Trinajstić information content (AvgIpc) is 2.32. The van der Waals surface area contributed by atoms with Crippen LogP contribution in [0, 0.1) is 0 Å². The van der Waals surface area contributed by atoms with Crippen LogP contribution in [0.25, 0.3) is 0 Å². The molecule has 2 atom stereocenters. The Balaban J connectivity index is 2.63. The molecule has 0 amide bonds. The van der Waals surface area contributed by atoms with Crippen LogP contribution in [0.4, 0.5) is 0 Å². The zero-order chi connectivity index (χ0) is 12.6. The van der Waals surface area contributed by atoms with Gasteiger partial charge in [0.2, 0.25) is 0 Å². The number of rotatable bonds is 1. The van der Waals surface area contributed by atoms with Gasteiger partial charge < -0.3 is 4.74 Å². The summed E-state index contributed by atoms with van der Waals surface area (Å²) in [6, 6.07) is 1.61. The molecular formula is C13H16ClNO2. The lowest BCUT2D eigenvalue weighted by molar-refractivity contribution is 0.0598. The van der Waals surface area contributed by atoms with Gasteiger partial charge >= 0.3 is 5.97 Å². The highest BCUT2D eigenvalue weighted by atomic mass is 35.5. The van der Waals surface area contributed by atoms with Gasteiger partial charge in [-0.1, -0.05) is 25.4 Å². The highest BCUT2D eigenvalue weighted by Crippen LogP contribution is 2.40. The maximum atomic E-state index is 11.8. The summed E-state index contributed by atoms with van der Waals surface area (Å²) in [4.78, 5) is 16.2. The second-order valence-corrected chi connectivity index (χ2v) is 5.05. The molecule has 0 aliphatic heterocycles. The number of carbonyl (C=O) groups excluding carboxylic acids is 1. The number of aromatic nitrogens is 1. The molecule has 1 aliphatic rings. The number of hydrogen-bond acceptors (Lipinski definition) is 3. The van der Waals surface area contributed by atoms with Crippen LogP contribution < -0.4 is 0 Å². The van der Waals surface area contributed by atoms with E-state index in [1.807, 2.05) is 0 Å². The summed E-state index contributed by atoms with van der Waals surface area (Å²) in [6.07, 6.45) is 2.16. The van der Waals surface area contributed by atoms with Crippen molar-refractivity contribution in [1.29, 1.82) is 0 Å². The highest BCUT2D eigenvalue weighted by Gasteiger charge is 2.29. The van der Waals surface area contributed by atoms with Gasteiger partial charge in [0.15, 0.2) is 0 Å². The Morgan fingerprint density at radius 3 is 2.71 bits per heavy atom. The van der Waals surface area contributed by atoms with Crippen LogP contribution in [-0.4, -0.2) is 18.1 Å². The number of carbonyl (C=O) groups is 1. The van der Waals surface area contributed by atoms with Crippen molar-refractivity contribution in [3.05, 3.63) is 28.0 Å². The van der Waals surface area contributed by atoms with Gasteiger partial charge in [-0.2, -0.15) is 0 Å². The predicted octanol–water partition coefficient (Wildman–Crippen LogP) is 3.52. The van der Waals surface area contributed by atoms with Crippen molar-refractivity contribution in [2.45, 2.75) is 38.5 Å². The summed E-state index contributed by atoms with van der Waals surface area (Å²) in [5.41, 5.74) is 2.54. The van der Waals surface area contributed by atoms with Crippen molar-refractivity contribution >= 4 is 17.6 Å². The van der Waals surface area contributed by atoms with Gasteiger partial charge in [-0.15, -0.1) is 0 Å². The SMILES string of the molecule is COC(=O)c1cc(Cl)nc2c1C(C)CCC2C. The number of esters is 1. The summed E-state index contributed by atoms with van der Waals surface area (Å²) in [5.74, 6) is 0.356. The van der Waals surface area contributed by atoms with E-state index in [1.54, 1.807) is 6.07 Å². The molecule has 0 fully saturated rings. The van der Waals surface area contributed by atoms with E-state index < -0.39 is 0 Å². The maximum Gasteiger partial charge on any atom is 0.338 e. The smallest absolute Gasteiger partial charge is 0.338 e. The van der Waals surface area contributed by atoms with Gasteiger partial charge in [0.25, 0.3) is 0 Å².